The van der Waals surface area contributed by atoms with E-state index in [0.717, 1.165) is 23.4 Å². The molecule has 0 radical (unpaired) electrons. The van der Waals surface area contributed by atoms with Crippen molar-refractivity contribution in [2.75, 3.05) is 7.11 Å². The maximum absolute atomic E-state index is 11.2. The van der Waals surface area contributed by atoms with E-state index in [1.807, 2.05) is 24.3 Å². The van der Waals surface area contributed by atoms with Crippen molar-refractivity contribution in [3.63, 3.8) is 0 Å². The number of ether oxygens (including phenoxy) is 1. The van der Waals surface area contributed by atoms with E-state index < -0.39 is 11.9 Å². The number of nitrogens with zero attached hydrogens (tertiary/aromatic N) is 1. The number of rotatable bonds is 3. The molecule has 1 aliphatic rings. The summed E-state index contributed by atoms with van der Waals surface area (Å²) in [5.74, 6) is 0.0988. The van der Waals surface area contributed by atoms with Crippen molar-refractivity contribution in [2.45, 2.75) is 18.8 Å². The molecule has 0 bridgehead atoms. The molecule has 0 saturated carbocycles. The molecule has 0 saturated heterocycles. The highest BCUT2D eigenvalue weighted by atomic mass is 16.5. The van der Waals surface area contributed by atoms with Gasteiger partial charge in [-0.3, -0.25) is 4.79 Å². The highest BCUT2D eigenvalue weighted by Crippen LogP contribution is 2.35. The van der Waals surface area contributed by atoms with Crippen LogP contribution in [0.5, 0.6) is 5.75 Å². The van der Waals surface area contributed by atoms with Crippen molar-refractivity contribution < 1.29 is 14.6 Å². The Bertz CT molecular complexity index is 633. The number of para-hydroxylation sites is 1. The number of H-pyrrole nitrogens is 1. The van der Waals surface area contributed by atoms with Gasteiger partial charge in [-0.15, -0.1) is 0 Å². The van der Waals surface area contributed by atoms with Crippen LogP contribution in [0.15, 0.2) is 24.3 Å². The number of aromatic amines is 1. The van der Waals surface area contributed by atoms with Gasteiger partial charge in [0.2, 0.25) is 0 Å². The minimum absolute atomic E-state index is 0.491. The smallest absolute Gasteiger partial charge is 0.312 e. The third kappa shape index (κ3) is 1.87. The molecule has 0 spiro atoms. The Morgan fingerprint density at radius 1 is 1.47 bits per heavy atom. The first-order valence-corrected chi connectivity index (χ1v) is 6.15. The van der Waals surface area contributed by atoms with Crippen LogP contribution in [0.25, 0.3) is 11.4 Å². The highest BCUT2D eigenvalue weighted by molar-refractivity contribution is 5.77. The summed E-state index contributed by atoms with van der Waals surface area (Å²) in [5.41, 5.74) is 2.44. The zero-order chi connectivity index (χ0) is 13.4. The summed E-state index contributed by atoms with van der Waals surface area (Å²) in [6.45, 7) is 0. The first kappa shape index (κ1) is 11.8. The zero-order valence-corrected chi connectivity index (χ0v) is 10.5. The predicted molar refractivity (Wildman–Crippen MR) is 69.3 cm³/mol. The van der Waals surface area contributed by atoms with Gasteiger partial charge in [0.25, 0.3) is 0 Å². The fourth-order valence-corrected chi connectivity index (χ4v) is 2.54. The van der Waals surface area contributed by atoms with Crippen LogP contribution in [0.4, 0.5) is 0 Å². The van der Waals surface area contributed by atoms with Crippen LogP contribution in [0, 0.1) is 0 Å². The second-order valence-corrected chi connectivity index (χ2v) is 4.58. The molecule has 1 aromatic carbocycles. The van der Waals surface area contributed by atoms with Crippen molar-refractivity contribution in [2.24, 2.45) is 0 Å². The second kappa shape index (κ2) is 4.42. The maximum atomic E-state index is 11.2. The van der Waals surface area contributed by atoms with Gasteiger partial charge in [-0.1, -0.05) is 12.1 Å². The van der Waals surface area contributed by atoms with Crippen LogP contribution in [-0.2, 0) is 11.2 Å². The lowest BCUT2D eigenvalue weighted by atomic mass is 10.1. The van der Waals surface area contributed by atoms with Gasteiger partial charge in [0.05, 0.1) is 18.4 Å². The van der Waals surface area contributed by atoms with Gasteiger partial charge < -0.3 is 14.8 Å². The van der Waals surface area contributed by atoms with E-state index in [2.05, 4.69) is 9.97 Å². The standard InChI is InChI=1S/C14H14N2O3/c1-19-11-5-3-2-4-8(11)13-15-10-7-6-9(14(17)18)12(10)16-13/h2-5,9H,6-7H2,1H3,(H,15,16)(H,17,18). The van der Waals surface area contributed by atoms with E-state index in [-0.39, 0.29) is 0 Å². The van der Waals surface area contributed by atoms with Gasteiger partial charge in [-0.2, -0.15) is 0 Å². The molecule has 98 valence electrons. The van der Waals surface area contributed by atoms with Gasteiger partial charge in [0.1, 0.15) is 17.5 Å². The van der Waals surface area contributed by atoms with Crippen LogP contribution in [0.3, 0.4) is 0 Å². The summed E-state index contributed by atoms with van der Waals surface area (Å²) < 4.78 is 5.30. The molecule has 19 heavy (non-hydrogen) atoms. The molecule has 1 aliphatic carbocycles. The summed E-state index contributed by atoms with van der Waals surface area (Å²) in [5, 5.41) is 9.16. The van der Waals surface area contributed by atoms with Gasteiger partial charge in [-0.05, 0) is 25.0 Å². The van der Waals surface area contributed by atoms with E-state index in [1.54, 1.807) is 7.11 Å². The molecule has 1 unspecified atom stereocenters. The molecule has 1 atom stereocenters. The number of hydrogen-bond donors (Lipinski definition) is 2. The summed E-state index contributed by atoms with van der Waals surface area (Å²) in [6, 6.07) is 7.55. The third-order valence-electron chi connectivity index (χ3n) is 3.48. The molecule has 0 amide bonds. The van der Waals surface area contributed by atoms with Crippen molar-refractivity contribution in [3.05, 3.63) is 35.7 Å². The summed E-state index contributed by atoms with van der Waals surface area (Å²) in [7, 11) is 1.61. The van der Waals surface area contributed by atoms with Crippen LogP contribution >= 0.6 is 0 Å². The Balaban J connectivity index is 2.05. The van der Waals surface area contributed by atoms with Crippen molar-refractivity contribution in [1.29, 1.82) is 0 Å². The number of aryl methyl sites for hydroxylation is 1. The molecule has 1 aromatic heterocycles. The van der Waals surface area contributed by atoms with E-state index in [1.165, 1.54) is 0 Å². The molecule has 3 rings (SSSR count). The number of hydrogen-bond acceptors (Lipinski definition) is 3. The van der Waals surface area contributed by atoms with Gasteiger partial charge in [0.15, 0.2) is 0 Å². The number of nitrogens with one attached hydrogen (secondary N) is 1. The maximum Gasteiger partial charge on any atom is 0.312 e. The van der Waals surface area contributed by atoms with E-state index in [0.29, 0.717) is 17.9 Å². The fraction of sp³-hybridized carbons (Fsp3) is 0.286. The molecule has 0 fully saturated rings. The minimum Gasteiger partial charge on any atom is -0.496 e. The van der Waals surface area contributed by atoms with Gasteiger partial charge in [0, 0.05) is 5.69 Å². The SMILES string of the molecule is COc1ccccc1-c1nc2c([nH]1)CCC2C(=O)O. The largest absolute Gasteiger partial charge is 0.496 e. The molecule has 1 heterocycles. The first-order chi connectivity index (χ1) is 9.20. The van der Waals surface area contributed by atoms with Crippen molar-refractivity contribution in [3.8, 4) is 17.1 Å². The van der Waals surface area contributed by atoms with E-state index in [9.17, 15) is 4.79 Å². The van der Waals surface area contributed by atoms with Crippen molar-refractivity contribution >= 4 is 5.97 Å². The zero-order valence-electron chi connectivity index (χ0n) is 10.5. The molecule has 2 aromatic rings. The number of carbonyl (C=O) groups is 1. The lowest BCUT2D eigenvalue weighted by Crippen LogP contribution is -2.08. The summed E-state index contributed by atoms with van der Waals surface area (Å²) >= 11 is 0. The minimum atomic E-state index is -0.808. The van der Waals surface area contributed by atoms with Crippen LogP contribution in [0.1, 0.15) is 23.7 Å². The van der Waals surface area contributed by atoms with Crippen LogP contribution in [-0.4, -0.2) is 28.2 Å². The van der Waals surface area contributed by atoms with E-state index >= 15 is 0 Å². The second-order valence-electron chi connectivity index (χ2n) is 4.58. The number of imidazole rings is 1. The highest BCUT2D eigenvalue weighted by Gasteiger charge is 2.32. The number of aliphatic carboxylic acids is 1. The molecular weight excluding hydrogens is 244 g/mol. The molecular formula is C14H14N2O3. The van der Waals surface area contributed by atoms with Crippen LogP contribution in [0.2, 0.25) is 0 Å². The number of fused-ring (bicyclic) bond motifs is 1. The van der Waals surface area contributed by atoms with E-state index in [4.69, 9.17) is 9.84 Å². The third-order valence-corrected chi connectivity index (χ3v) is 3.48. The number of methoxy groups -OCH3 is 1. The quantitative estimate of drug-likeness (QED) is 0.885. The Kier molecular flexibility index (Phi) is 2.74. The molecule has 5 nitrogen and oxygen atoms in total. The average molecular weight is 258 g/mol. The Morgan fingerprint density at radius 2 is 2.26 bits per heavy atom. The first-order valence-electron chi connectivity index (χ1n) is 6.15. The monoisotopic (exact) mass is 258 g/mol. The lowest BCUT2D eigenvalue weighted by molar-refractivity contribution is -0.138. The number of aromatic nitrogens is 2. The van der Waals surface area contributed by atoms with Crippen molar-refractivity contribution in [1.82, 2.24) is 9.97 Å². The van der Waals surface area contributed by atoms with Gasteiger partial charge in [-0.25, -0.2) is 4.98 Å². The normalized spacial score (nSPS) is 17.2. The molecule has 0 aliphatic heterocycles. The summed E-state index contributed by atoms with van der Waals surface area (Å²) in [6.07, 6.45) is 1.35. The Morgan fingerprint density at radius 3 is 3.00 bits per heavy atom. The number of benzene rings is 1. The summed E-state index contributed by atoms with van der Waals surface area (Å²) in [4.78, 5) is 18.8. The fourth-order valence-electron chi connectivity index (χ4n) is 2.54. The van der Waals surface area contributed by atoms with Gasteiger partial charge >= 0.3 is 5.97 Å². The lowest BCUT2D eigenvalue weighted by Gasteiger charge is -2.06. The number of carboxylic acid groups (broad SMARTS) is 1. The topological polar surface area (TPSA) is 75.2 Å². The Hall–Kier alpha value is -2.30. The predicted octanol–water partition coefficient (Wildman–Crippen LogP) is 2.20. The number of carboxylic acids is 1. The average Bonchev–Trinajstić information content (AvgIpc) is 2.97. The molecule has 5 heteroatoms. The Labute approximate surface area is 110 Å². The molecule has 2 N–H and O–H groups in total. The van der Waals surface area contributed by atoms with Crippen LogP contribution < -0.4 is 4.74 Å².